The minimum Gasteiger partial charge on any atom is -0.421 e. The molecule has 2 aromatic heterocycles. The van der Waals surface area contributed by atoms with E-state index in [1.54, 1.807) is 11.7 Å². The molecule has 5 nitrogen and oxygen atoms in total. The third kappa shape index (κ3) is 3.29. The van der Waals surface area contributed by atoms with Gasteiger partial charge in [-0.2, -0.15) is 5.10 Å². The Labute approximate surface area is 111 Å². The van der Waals surface area contributed by atoms with Gasteiger partial charge < -0.3 is 10.1 Å². The average molecular weight is 264 g/mol. The van der Waals surface area contributed by atoms with Crippen molar-refractivity contribution in [3.63, 3.8) is 0 Å². The van der Waals surface area contributed by atoms with Crippen LogP contribution in [0, 0.1) is 12.7 Å². The summed E-state index contributed by atoms with van der Waals surface area (Å²) in [6.07, 6.45) is 1.15. The van der Waals surface area contributed by atoms with E-state index in [1.807, 2.05) is 19.9 Å². The highest BCUT2D eigenvalue weighted by molar-refractivity contribution is 5.30. The van der Waals surface area contributed by atoms with Crippen LogP contribution >= 0.6 is 0 Å². The Morgan fingerprint density at radius 1 is 1.42 bits per heavy atom. The van der Waals surface area contributed by atoms with E-state index in [0.29, 0.717) is 23.9 Å². The van der Waals surface area contributed by atoms with Gasteiger partial charge in [-0.1, -0.05) is 6.92 Å². The van der Waals surface area contributed by atoms with Crippen molar-refractivity contribution < 1.29 is 9.13 Å². The molecule has 0 aromatic carbocycles. The van der Waals surface area contributed by atoms with E-state index in [1.165, 1.54) is 6.07 Å². The molecule has 0 unspecified atom stereocenters. The highest BCUT2D eigenvalue weighted by Gasteiger charge is 2.11. The van der Waals surface area contributed by atoms with E-state index in [4.69, 9.17) is 4.74 Å². The van der Waals surface area contributed by atoms with Gasteiger partial charge in [0.2, 0.25) is 11.8 Å². The monoisotopic (exact) mass is 264 g/mol. The predicted molar refractivity (Wildman–Crippen MR) is 69.6 cm³/mol. The summed E-state index contributed by atoms with van der Waals surface area (Å²) in [5.41, 5.74) is 1.54. The van der Waals surface area contributed by atoms with Crippen LogP contribution in [0.15, 0.2) is 18.3 Å². The molecular weight excluding hydrogens is 247 g/mol. The molecule has 0 aliphatic carbocycles. The molecule has 2 rings (SSSR count). The van der Waals surface area contributed by atoms with Gasteiger partial charge in [0.1, 0.15) is 5.82 Å². The topological polar surface area (TPSA) is 52.0 Å². The zero-order valence-electron chi connectivity index (χ0n) is 11.3. The van der Waals surface area contributed by atoms with Crippen LogP contribution in [0.4, 0.5) is 4.39 Å². The number of hydrogen-bond acceptors (Lipinski definition) is 4. The van der Waals surface area contributed by atoms with E-state index < -0.39 is 0 Å². The van der Waals surface area contributed by atoms with Crippen molar-refractivity contribution >= 4 is 0 Å². The zero-order chi connectivity index (χ0) is 13.8. The van der Waals surface area contributed by atoms with Crippen LogP contribution < -0.4 is 10.1 Å². The summed E-state index contributed by atoms with van der Waals surface area (Å²) >= 11 is 0. The lowest BCUT2D eigenvalue weighted by molar-refractivity contribution is 0.406. The fraction of sp³-hybridized carbons (Fsp3) is 0.385. The minimum atomic E-state index is -0.374. The maximum Gasteiger partial charge on any atom is 0.225 e. The van der Waals surface area contributed by atoms with Crippen molar-refractivity contribution in [3.8, 4) is 11.8 Å². The van der Waals surface area contributed by atoms with Gasteiger partial charge in [0.15, 0.2) is 0 Å². The molecule has 0 radical (unpaired) electrons. The minimum absolute atomic E-state index is 0.374. The fourth-order valence-electron chi connectivity index (χ4n) is 1.73. The lowest BCUT2D eigenvalue weighted by atomic mass is 10.2. The van der Waals surface area contributed by atoms with Crippen molar-refractivity contribution in [2.45, 2.75) is 20.4 Å². The third-order valence-corrected chi connectivity index (χ3v) is 2.62. The Morgan fingerprint density at radius 3 is 2.84 bits per heavy atom. The molecule has 0 spiro atoms. The van der Waals surface area contributed by atoms with Gasteiger partial charge >= 0.3 is 0 Å². The first-order valence-electron chi connectivity index (χ1n) is 6.13. The maximum absolute atomic E-state index is 13.2. The Balaban J connectivity index is 2.26. The van der Waals surface area contributed by atoms with Crippen molar-refractivity contribution in [2.24, 2.45) is 7.05 Å². The van der Waals surface area contributed by atoms with E-state index in [-0.39, 0.29) is 5.82 Å². The number of pyridine rings is 1. The summed E-state index contributed by atoms with van der Waals surface area (Å²) in [6, 6.07) is 3.23. The number of halogens is 1. The van der Waals surface area contributed by atoms with Gasteiger partial charge in [-0.15, -0.1) is 0 Å². The summed E-state index contributed by atoms with van der Waals surface area (Å²) in [4.78, 5) is 4.00. The molecular formula is C13H17FN4O. The molecule has 2 aromatic rings. The molecule has 2 heterocycles. The van der Waals surface area contributed by atoms with Crippen LogP contribution in [0.2, 0.25) is 0 Å². The highest BCUT2D eigenvalue weighted by atomic mass is 19.1. The molecule has 1 N–H and O–H groups in total. The average Bonchev–Trinajstić information content (AvgIpc) is 2.68. The first-order chi connectivity index (χ1) is 9.10. The van der Waals surface area contributed by atoms with E-state index in [0.717, 1.165) is 18.4 Å². The standard InChI is InChI=1S/C13H17FN4O/c1-4-15-7-10-6-11(14)8-16-13(10)19-12-5-9(2)17-18(12)3/h5-6,8,15H,4,7H2,1-3H3. The molecule has 0 aliphatic rings. The lowest BCUT2D eigenvalue weighted by Gasteiger charge is -2.10. The van der Waals surface area contributed by atoms with Crippen LogP contribution in [-0.2, 0) is 13.6 Å². The van der Waals surface area contributed by atoms with Crippen LogP contribution in [0.3, 0.4) is 0 Å². The number of aromatic nitrogens is 3. The van der Waals surface area contributed by atoms with Crippen LogP contribution in [0.5, 0.6) is 11.8 Å². The molecule has 0 amide bonds. The molecule has 102 valence electrons. The summed E-state index contributed by atoms with van der Waals surface area (Å²) in [5, 5.41) is 7.32. The number of ether oxygens (including phenoxy) is 1. The van der Waals surface area contributed by atoms with Crippen LogP contribution in [0.1, 0.15) is 18.2 Å². The quantitative estimate of drug-likeness (QED) is 0.899. The second-order valence-corrected chi connectivity index (χ2v) is 4.25. The van der Waals surface area contributed by atoms with Crippen LogP contribution in [-0.4, -0.2) is 21.3 Å². The van der Waals surface area contributed by atoms with Crippen LogP contribution in [0.25, 0.3) is 0 Å². The number of nitrogens with zero attached hydrogens (tertiary/aromatic N) is 3. The van der Waals surface area contributed by atoms with E-state index in [2.05, 4.69) is 15.4 Å². The second-order valence-electron chi connectivity index (χ2n) is 4.25. The largest absolute Gasteiger partial charge is 0.421 e. The molecule has 0 saturated carbocycles. The summed E-state index contributed by atoms with van der Waals surface area (Å²) < 4.78 is 20.6. The fourth-order valence-corrected chi connectivity index (χ4v) is 1.73. The maximum atomic E-state index is 13.2. The van der Waals surface area contributed by atoms with Crippen molar-refractivity contribution in [1.29, 1.82) is 0 Å². The molecule has 0 saturated heterocycles. The van der Waals surface area contributed by atoms with Crippen molar-refractivity contribution in [3.05, 3.63) is 35.4 Å². The van der Waals surface area contributed by atoms with Gasteiger partial charge in [-0.3, -0.25) is 0 Å². The number of nitrogens with one attached hydrogen (secondary N) is 1. The van der Waals surface area contributed by atoms with Crippen molar-refractivity contribution in [2.75, 3.05) is 6.54 Å². The first-order valence-corrected chi connectivity index (χ1v) is 6.13. The van der Waals surface area contributed by atoms with Gasteiger partial charge in [0, 0.05) is 25.2 Å². The van der Waals surface area contributed by atoms with Gasteiger partial charge in [0.05, 0.1) is 11.9 Å². The molecule has 6 heteroatoms. The summed E-state index contributed by atoms with van der Waals surface area (Å²) in [7, 11) is 1.79. The van der Waals surface area contributed by atoms with E-state index in [9.17, 15) is 4.39 Å². The summed E-state index contributed by atoms with van der Waals surface area (Å²) in [5.74, 6) is 0.598. The van der Waals surface area contributed by atoms with E-state index >= 15 is 0 Å². The normalized spacial score (nSPS) is 10.7. The van der Waals surface area contributed by atoms with Gasteiger partial charge in [-0.25, -0.2) is 14.1 Å². The smallest absolute Gasteiger partial charge is 0.225 e. The zero-order valence-corrected chi connectivity index (χ0v) is 11.3. The Bertz CT molecular complexity index is 568. The highest BCUT2D eigenvalue weighted by Crippen LogP contribution is 2.23. The number of hydrogen-bond donors (Lipinski definition) is 1. The molecule has 0 atom stereocenters. The molecule has 0 bridgehead atoms. The molecule has 0 aliphatic heterocycles. The van der Waals surface area contributed by atoms with Gasteiger partial charge in [0.25, 0.3) is 0 Å². The lowest BCUT2D eigenvalue weighted by Crippen LogP contribution is -2.13. The Hall–Kier alpha value is -1.95. The first kappa shape index (κ1) is 13.5. The van der Waals surface area contributed by atoms with Crippen molar-refractivity contribution in [1.82, 2.24) is 20.1 Å². The Morgan fingerprint density at radius 2 is 2.21 bits per heavy atom. The summed E-state index contributed by atoms with van der Waals surface area (Å²) in [6.45, 7) is 5.16. The number of aryl methyl sites for hydroxylation is 2. The molecule has 0 fully saturated rings. The predicted octanol–water partition coefficient (Wildman–Crippen LogP) is 2.16. The molecule has 19 heavy (non-hydrogen) atoms. The Kier molecular flexibility index (Phi) is 4.11. The SMILES string of the molecule is CCNCc1cc(F)cnc1Oc1cc(C)nn1C. The second kappa shape index (κ2) is 5.79. The van der Waals surface area contributed by atoms with Gasteiger partial charge in [-0.05, 0) is 19.5 Å². The third-order valence-electron chi connectivity index (χ3n) is 2.62. The number of rotatable bonds is 5.